The summed E-state index contributed by atoms with van der Waals surface area (Å²) in [6.45, 7) is 4.43. The van der Waals surface area contributed by atoms with Crippen LogP contribution in [0, 0.1) is 0 Å². The molecule has 2 aromatic heterocycles. The lowest BCUT2D eigenvalue weighted by molar-refractivity contribution is 0.360. The van der Waals surface area contributed by atoms with Crippen LogP contribution in [0.2, 0.25) is 0 Å². The summed E-state index contributed by atoms with van der Waals surface area (Å²) in [5.41, 5.74) is 4.81. The molecule has 0 bridgehead atoms. The Balaban J connectivity index is 1.51. The molecule has 5 rings (SSSR count). The summed E-state index contributed by atoms with van der Waals surface area (Å²) in [4.78, 5) is 14.4. The van der Waals surface area contributed by atoms with Crippen LogP contribution in [0.4, 0.5) is 5.69 Å². The molecule has 0 amide bonds. The molecule has 1 fully saturated rings. The lowest BCUT2D eigenvalue weighted by Gasteiger charge is -2.23. The van der Waals surface area contributed by atoms with Crippen molar-refractivity contribution in [2.75, 3.05) is 38.1 Å². The Hall–Kier alpha value is -2.50. The first kappa shape index (κ1) is 18.5. The number of thioether (sulfide) groups is 1. The number of hydrogen-bond donors (Lipinski definition) is 1. The third kappa shape index (κ3) is 3.85. The van der Waals surface area contributed by atoms with Gasteiger partial charge in [0.2, 0.25) is 0 Å². The topological polar surface area (TPSA) is 35.2 Å². The van der Waals surface area contributed by atoms with E-state index >= 15 is 0 Å². The molecule has 4 nitrogen and oxygen atoms in total. The highest BCUT2D eigenvalue weighted by atomic mass is 32.2. The number of benzene rings is 2. The van der Waals surface area contributed by atoms with Crippen LogP contribution in [0.15, 0.2) is 65.7 Å². The standard InChI is InChI=1S/C24H26N4S/c1-27-12-5-13-28(15-14-27)22-10-11-25-24-23(22)20-16-18(8-9-21(20)26-24)17-29-19-6-3-2-4-7-19/h2-4,6-11,16H,5,12-15,17H2,1H3,(H,25,26). The second kappa shape index (κ2) is 8.09. The van der Waals surface area contributed by atoms with E-state index in [1.54, 1.807) is 0 Å². The first-order chi connectivity index (χ1) is 14.3. The van der Waals surface area contributed by atoms with Crippen molar-refractivity contribution in [1.29, 1.82) is 0 Å². The molecule has 1 aliphatic heterocycles. The molecule has 3 heterocycles. The van der Waals surface area contributed by atoms with Crippen LogP contribution < -0.4 is 4.90 Å². The van der Waals surface area contributed by atoms with Gasteiger partial charge >= 0.3 is 0 Å². The van der Waals surface area contributed by atoms with E-state index in [4.69, 9.17) is 0 Å². The van der Waals surface area contributed by atoms with E-state index in [1.807, 2.05) is 18.0 Å². The SMILES string of the molecule is CN1CCCN(c2ccnc3[nH]c4ccc(CSc5ccccc5)cc4c23)CC1. The molecule has 5 heteroatoms. The maximum absolute atomic E-state index is 4.64. The smallest absolute Gasteiger partial charge is 0.140 e. The summed E-state index contributed by atoms with van der Waals surface area (Å²) in [5, 5.41) is 2.55. The molecule has 0 unspecified atom stereocenters. The number of hydrogen-bond acceptors (Lipinski definition) is 4. The molecule has 1 saturated heterocycles. The van der Waals surface area contributed by atoms with Gasteiger partial charge in [0.25, 0.3) is 0 Å². The molecular formula is C24H26N4S. The van der Waals surface area contributed by atoms with Gasteiger partial charge in [0.15, 0.2) is 0 Å². The maximum Gasteiger partial charge on any atom is 0.140 e. The van der Waals surface area contributed by atoms with Gasteiger partial charge in [-0.15, -0.1) is 11.8 Å². The Morgan fingerprint density at radius 2 is 1.90 bits per heavy atom. The lowest BCUT2D eigenvalue weighted by atomic mass is 10.1. The van der Waals surface area contributed by atoms with E-state index in [0.717, 1.165) is 31.0 Å². The summed E-state index contributed by atoms with van der Waals surface area (Å²) in [5.74, 6) is 0.969. The van der Waals surface area contributed by atoms with Gasteiger partial charge in [0, 0.05) is 58.5 Å². The van der Waals surface area contributed by atoms with Crippen molar-refractivity contribution in [1.82, 2.24) is 14.9 Å². The average molecular weight is 403 g/mol. The second-order valence-corrected chi connectivity index (χ2v) is 8.85. The van der Waals surface area contributed by atoms with Gasteiger partial charge in [-0.1, -0.05) is 24.3 Å². The van der Waals surface area contributed by atoms with Crippen LogP contribution in [-0.2, 0) is 5.75 Å². The highest BCUT2D eigenvalue weighted by Gasteiger charge is 2.18. The first-order valence-corrected chi connectivity index (χ1v) is 11.3. The predicted octanol–water partition coefficient (Wildman–Crippen LogP) is 5.15. The molecule has 148 valence electrons. The van der Waals surface area contributed by atoms with Gasteiger partial charge in [-0.25, -0.2) is 4.98 Å². The number of H-pyrrole nitrogens is 1. The number of nitrogens with zero attached hydrogens (tertiary/aromatic N) is 3. The molecular weight excluding hydrogens is 376 g/mol. The third-order valence-electron chi connectivity index (χ3n) is 5.74. The van der Waals surface area contributed by atoms with Crippen molar-refractivity contribution in [3.05, 3.63) is 66.4 Å². The molecule has 2 aromatic carbocycles. The number of aromatic amines is 1. The summed E-state index contributed by atoms with van der Waals surface area (Å²) < 4.78 is 0. The van der Waals surface area contributed by atoms with Crippen molar-refractivity contribution < 1.29 is 0 Å². The zero-order chi connectivity index (χ0) is 19.6. The average Bonchev–Trinajstić information content (AvgIpc) is 2.99. The van der Waals surface area contributed by atoms with Gasteiger partial charge < -0.3 is 14.8 Å². The number of aromatic nitrogens is 2. The Bertz CT molecular complexity index is 1120. The summed E-state index contributed by atoms with van der Waals surface area (Å²) in [6.07, 6.45) is 3.13. The van der Waals surface area contributed by atoms with Crippen molar-refractivity contribution in [2.24, 2.45) is 0 Å². The van der Waals surface area contributed by atoms with Crippen LogP contribution in [0.25, 0.3) is 21.9 Å². The minimum absolute atomic E-state index is 0.969. The zero-order valence-electron chi connectivity index (χ0n) is 16.8. The Morgan fingerprint density at radius 3 is 2.79 bits per heavy atom. The second-order valence-electron chi connectivity index (χ2n) is 7.80. The number of rotatable bonds is 4. The quantitative estimate of drug-likeness (QED) is 0.479. The Morgan fingerprint density at radius 1 is 1.00 bits per heavy atom. The predicted molar refractivity (Wildman–Crippen MR) is 124 cm³/mol. The van der Waals surface area contributed by atoms with Crippen LogP contribution >= 0.6 is 11.8 Å². The van der Waals surface area contributed by atoms with Gasteiger partial charge in [-0.2, -0.15) is 0 Å². The normalized spacial score (nSPS) is 15.8. The lowest BCUT2D eigenvalue weighted by Crippen LogP contribution is -2.28. The van der Waals surface area contributed by atoms with Crippen LogP contribution in [0.3, 0.4) is 0 Å². The largest absolute Gasteiger partial charge is 0.370 e. The van der Waals surface area contributed by atoms with Gasteiger partial charge in [0.1, 0.15) is 5.65 Å². The number of likely N-dealkylation sites (N-methyl/N-ethyl adjacent to an activating group) is 1. The monoisotopic (exact) mass is 402 g/mol. The van der Waals surface area contributed by atoms with Crippen LogP contribution in [0.1, 0.15) is 12.0 Å². The summed E-state index contributed by atoms with van der Waals surface area (Å²) in [7, 11) is 2.22. The number of anilines is 1. The number of nitrogens with one attached hydrogen (secondary N) is 1. The molecule has 4 aromatic rings. The zero-order valence-corrected chi connectivity index (χ0v) is 17.6. The molecule has 0 spiro atoms. The molecule has 0 radical (unpaired) electrons. The Kier molecular flexibility index (Phi) is 5.17. The van der Waals surface area contributed by atoms with Crippen LogP contribution in [0.5, 0.6) is 0 Å². The van der Waals surface area contributed by atoms with E-state index in [1.165, 1.54) is 45.4 Å². The minimum Gasteiger partial charge on any atom is -0.370 e. The fourth-order valence-electron chi connectivity index (χ4n) is 4.17. The molecule has 1 N–H and O–H groups in total. The number of pyridine rings is 1. The molecule has 0 saturated carbocycles. The van der Waals surface area contributed by atoms with Gasteiger partial charge in [-0.3, -0.25) is 0 Å². The fourth-order valence-corrected chi connectivity index (χ4v) is 5.03. The Labute approximate surface area is 175 Å². The molecule has 29 heavy (non-hydrogen) atoms. The van der Waals surface area contributed by atoms with Gasteiger partial charge in [0.05, 0.1) is 0 Å². The molecule has 1 aliphatic rings. The third-order valence-corrected chi connectivity index (χ3v) is 6.83. The fraction of sp³-hybridized carbons (Fsp3) is 0.292. The van der Waals surface area contributed by atoms with Crippen molar-refractivity contribution in [3.8, 4) is 0 Å². The van der Waals surface area contributed by atoms with E-state index in [-0.39, 0.29) is 0 Å². The maximum atomic E-state index is 4.64. The summed E-state index contributed by atoms with van der Waals surface area (Å²) in [6, 6.07) is 19.6. The molecule has 0 atom stereocenters. The summed E-state index contributed by atoms with van der Waals surface area (Å²) >= 11 is 1.88. The van der Waals surface area contributed by atoms with Gasteiger partial charge in [-0.05, 0) is 55.9 Å². The highest BCUT2D eigenvalue weighted by Crippen LogP contribution is 2.34. The number of fused-ring (bicyclic) bond motifs is 3. The van der Waals surface area contributed by atoms with E-state index in [0.29, 0.717) is 0 Å². The van der Waals surface area contributed by atoms with E-state index < -0.39 is 0 Å². The van der Waals surface area contributed by atoms with Crippen molar-refractivity contribution in [3.63, 3.8) is 0 Å². The minimum atomic E-state index is 0.969. The van der Waals surface area contributed by atoms with Crippen molar-refractivity contribution in [2.45, 2.75) is 17.1 Å². The first-order valence-electron chi connectivity index (χ1n) is 10.3. The van der Waals surface area contributed by atoms with E-state index in [2.05, 4.69) is 81.4 Å². The highest BCUT2D eigenvalue weighted by molar-refractivity contribution is 7.98. The molecule has 0 aliphatic carbocycles. The van der Waals surface area contributed by atoms with E-state index in [9.17, 15) is 0 Å². The van der Waals surface area contributed by atoms with Crippen molar-refractivity contribution >= 4 is 39.4 Å². The van der Waals surface area contributed by atoms with Crippen LogP contribution in [-0.4, -0.2) is 48.1 Å².